The number of aliphatic imine (C=N–C) groups is 1. The van der Waals surface area contributed by atoms with Crippen LogP contribution in [0.1, 0.15) is 5.56 Å². The summed E-state index contributed by atoms with van der Waals surface area (Å²) in [5, 5.41) is 5.00. The normalized spacial score (nSPS) is 12.2. The molecule has 4 heteroatoms. The van der Waals surface area contributed by atoms with E-state index in [0.717, 1.165) is 22.3 Å². The highest BCUT2D eigenvalue weighted by Gasteiger charge is 2.13. The van der Waals surface area contributed by atoms with Crippen LogP contribution in [0.2, 0.25) is 0 Å². The van der Waals surface area contributed by atoms with E-state index in [1.165, 1.54) is 53.2 Å². The molecule has 0 bridgehead atoms. The first-order valence-corrected chi connectivity index (χ1v) is 15.6. The van der Waals surface area contributed by atoms with Gasteiger partial charge >= 0.3 is 0 Å². The van der Waals surface area contributed by atoms with Crippen LogP contribution in [0.5, 0.6) is 0 Å². The van der Waals surface area contributed by atoms with E-state index in [2.05, 4.69) is 156 Å². The highest BCUT2D eigenvalue weighted by Crippen LogP contribution is 2.36. The number of nitrogens with zero attached hydrogens (tertiary/aromatic N) is 2. The minimum absolute atomic E-state index is 0.939. The molecule has 0 aliphatic carbocycles. The van der Waals surface area contributed by atoms with Crippen molar-refractivity contribution in [2.24, 2.45) is 4.99 Å². The van der Waals surface area contributed by atoms with Crippen molar-refractivity contribution in [1.29, 1.82) is 0 Å². The molecule has 0 aliphatic heterocycles. The zero-order valence-corrected chi connectivity index (χ0v) is 25.1. The third kappa shape index (κ3) is 4.48. The maximum Gasteiger partial charge on any atom is 0.0715 e. The SMILES string of the molecule is CN=C(/C=C\Nn1c2ccccc2c2ccc(-c3ccc(-c4ccccc4)cc3)cc21)c1cccc2c1sc1ccccc12. The van der Waals surface area contributed by atoms with Crippen LogP contribution in [0.3, 0.4) is 0 Å². The van der Waals surface area contributed by atoms with Crippen molar-refractivity contribution in [2.75, 3.05) is 12.5 Å². The molecular formula is C40H29N3S. The van der Waals surface area contributed by atoms with Crippen molar-refractivity contribution < 1.29 is 0 Å². The molecule has 0 amide bonds. The van der Waals surface area contributed by atoms with Gasteiger partial charge in [0.1, 0.15) is 0 Å². The van der Waals surface area contributed by atoms with Gasteiger partial charge in [0.05, 0.1) is 16.7 Å². The summed E-state index contributed by atoms with van der Waals surface area (Å²) in [5.74, 6) is 0. The lowest BCUT2D eigenvalue weighted by Crippen LogP contribution is -2.08. The van der Waals surface area contributed by atoms with Gasteiger partial charge in [-0.05, 0) is 46.5 Å². The molecule has 6 aromatic carbocycles. The zero-order valence-electron chi connectivity index (χ0n) is 24.2. The van der Waals surface area contributed by atoms with E-state index in [0.29, 0.717) is 0 Å². The van der Waals surface area contributed by atoms with Crippen LogP contribution in [0.25, 0.3) is 64.2 Å². The summed E-state index contributed by atoms with van der Waals surface area (Å²) in [6.07, 6.45) is 4.08. The predicted molar refractivity (Wildman–Crippen MR) is 191 cm³/mol. The molecular weight excluding hydrogens is 555 g/mol. The molecule has 0 saturated heterocycles. The Hall–Kier alpha value is -5.45. The number of thiophene rings is 1. The standard InChI is InChI=1S/C40H29N3S/c1-41-36(35-15-9-14-34-33-13-6-8-17-39(33)44-40(34)35)24-25-42-43-37-16-7-5-12-31(37)32-23-22-30(26-38(32)43)29-20-18-28(19-21-29)27-10-3-2-4-11-27/h2-26,42H,1H3/b25-24-,41-36?. The number of para-hydroxylation sites is 1. The maximum atomic E-state index is 4.69. The van der Waals surface area contributed by atoms with Gasteiger partial charge in [0.25, 0.3) is 0 Å². The van der Waals surface area contributed by atoms with Crippen LogP contribution in [-0.4, -0.2) is 17.4 Å². The van der Waals surface area contributed by atoms with Crippen LogP contribution in [0.4, 0.5) is 0 Å². The van der Waals surface area contributed by atoms with Gasteiger partial charge in [-0.1, -0.05) is 121 Å². The average molecular weight is 584 g/mol. The van der Waals surface area contributed by atoms with E-state index in [1.807, 2.05) is 24.6 Å². The molecule has 3 nitrogen and oxygen atoms in total. The molecule has 8 rings (SSSR count). The van der Waals surface area contributed by atoms with Gasteiger partial charge in [-0.3, -0.25) is 9.67 Å². The lowest BCUT2D eigenvalue weighted by atomic mass is 9.99. The number of nitrogens with one attached hydrogen (secondary N) is 1. The van der Waals surface area contributed by atoms with Crippen molar-refractivity contribution in [3.8, 4) is 22.3 Å². The molecule has 0 aliphatic rings. The van der Waals surface area contributed by atoms with Crippen LogP contribution in [0, 0.1) is 0 Å². The number of allylic oxidation sites excluding steroid dienone is 1. The van der Waals surface area contributed by atoms with Crippen LogP contribution in [-0.2, 0) is 0 Å². The van der Waals surface area contributed by atoms with Crippen molar-refractivity contribution >= 4 is 59.0 Å². The quantitative estimate of drug-likeness (QED) is 0.194. The minimum atomic E-state index is 0.939. The summed E-state index contributed by atoms with van der Waals surface area (Å²) >= 11 is 1.83. The molecule has 0 radical (unpaired) electrons. The van der Waals surface area contributed by atoms with Crippen molar-refractivity contribution in [3.05, 3.63) is 157 Å². The summed E-state index contributed by atoms with van der Waals surface area (Å²) in [7, 11) is 1.86. The highest BCUT2D eigenvalue weighted by atomic mass is 32.1. The predicted octanol–water partition coefficient (Wildman–Crippen LogP) is 10.7. The molecule has 2 aromatic heterocycles. The fraction of sp³-hybridized carbons (Fsp3) is 0.0250. The van der Waals surface area contributed by atoms with Gasteiger partial charge in [0, 0.05) is 49.8 Å². The van der Waals surface area contributed by atoms with Gasteiger partial charge in [-0.25, -0.2) is 0 Å². The number of hydrogen-bond donors (Lipinski definition) is 1. The Morgan fingerprint density at radius 2 is 1.23 bits per heavy atom. The Labute approximate surface area is 260 Å². The summed E-state index contributed by atoms with van der Waals surface area (Å²) < 4.78 is 4.73. The van der Waals surface area contributed by atoms with E-state index in [4.69, 9.17) is 4.99 Å². The molecule has 0 saturated carbocycles. The van der Waals surface area contributed by atoms with Crippen LogP contribution < -0.4 is 5.43 Å². The highest BCUT2D eigenvalue weighted by molar-refractivity contribution is 7.26. The fourth-order valence-corrected chi connectivity index (χ4v) is 7.42. The second kappa shape index (κ2) is 11.0. The van der Waals surface area contributed by atoms with Crippen molar-refractivity contribution in [2.45, 2.75) is 0 Å². The van der Waals surface area contributed by atoms with E-state index < -0.39 is 0 Å². The van der Waals surface area contributed by atoms with Gasteiger partial charge in [0.2, 0.25) is 0 Å². The minimum Gasteiger partial charge on any atom is -0.301 e. The molecule has 8 aromatic rings. The summed E-state index contributed by atoms with van der Waals surface area (Å²) in [6, 6.07) is 49.7. The van der Waals surface area contributed by atoms with E-state index in [9.17, 15) is 0 Å². The number of hydrogen-bond acceptors (Lipinski definition) is 3. The maximum absolute atomic E-state index is 4.69. The fourth-order valence-electron chi connectivity index (χ4n) is 6.20. The average Bonchev–Trinajstić information content (AvgIpc) is 3.63. The molecule has 2 heterocycles. The lowest BCUT2D eigenvalue weighted by Gasteiger charge is -2.09. The Morgan fingerprint density at radius 1 is 0.591 bits per heavy atom. The Bertz CT molecular complexity index is 2360. The third-order valence-corrected chi connectivity index (χ3v) is 9.58. The van der Waals surface area contributed by atoms with Gasteiger partial charge in [0.15, 0.2) is 0 Å². The number of benzene rings is 6. The third-order valence-electron chi connectivity index (χ3n) is 8.37. The van der Waals surface area contributed by atoms with Crippen LogP contribution in [0.15, 0.2) is 157 Å². The Morgan fingerprint density at radius 3 is 2.05 bits per heavy atom. The van der Waals surface area contributed by atoms with E-state index >= 15 is 0 Å². The lowest BCUT2D eigenvalue weighted by molar-refractivity contribution is 1.05. The largest absolute Gasteiger partial charge is 0.301 e. The van der Waals surface area contributed by atoms with Gasteiger partial charge in [-0.15, -0.1) is 11.3 Å². The van der Waals surface area contributed by atoms with E-state index in [1.54, 1.807) is 0 Å². The second-order valence-corrected chi connectivity index (χ2v) is 11.9. The number of fused-ring (bicyclic) bond motifs is 6. The van der Waals surface area contributed by atoms with E-state index in [-0.39, 0.29) is 0 Å². The molecule has 1 N–H and O–H groups in total. The zero-order chi connectivity index (χ0) is 29.5. The topological polar surface area (TPSA) is 29.3 Å². The number of rotatable bonds is 6. The first-order valence-electron chi connectivity index (χ1n) is 14.8. The summed E-state index contributed by atoms with van der Waals surface area (Å²) in [5.41, 5.74) is 12.7. The Balaban J connectivity index is 1.16. The Kier molecular flexibility index (Phi) is 6.55. The first-order chi connectivity index (χ1) is 21.8. The molecule has 210 valence electrons. The smallest absolute Gasteiger partial charge is 0.0715 e. The van der Waals surface area contributed by atoms with Crippen molar-refractivity contribution in [1.82, 2.24) is 4.68 Å². The van der Waals surface area contributed by atoms with Gasteiger partial charge in [-0.2, -0.15) is 0 Å². The molecule has 0 unspecified atom stereocenters. The van der Waals surface area contributed by atoms with Crippen molar-refractivity contribution in [3.63, 3.8) is 0 Å². The van der Waals surface area contributed by atoms with Crippen LogP contribution >= 0.6 is 11.3 Å². The monoisotopic (exact) mass is 583 g/mol. The summed E-state index contributed by atoms with van der Waals surface area (Å²) in [4.78, 5) is 4.69. The van der Waals surface area contributed by atoms with Gasteiger partial charge < -0.3 is 5.43 Å². The second-order valence-electron chi connectivity index (χ2n) is 10.9. The molecule has 44 heavy (non-hydrogen) atoms. The first kappa shape index (κ1) is 26.2. The molecule has 0 fully saturated rings. The number of aromatic nitrogens is 1. The summed E-state index contributed by atoms with van der Waals surface area (Å²) in [6.45, 7) is 0. The molecule has 0 spiro atoms. The molecule has 0 atom stereocenters.